The van der Waals surface area contributed by atoms with E-state index in [4.69, 9.17) is 4.42 Å². The first-order chi connectivity index (χ1) is 12.6. The number of nitrogens with one attached hydrogen (secondary N) is 1. The number of nitrogens with zero attached hydrogens (tertiary/aromatic N) is 1. The summed E-state index contributed by atoms with van der Waals surface area (Å²) in [6.07, 6.45) is 5.09. The molecule has 1 saturated heterocycles. The summed E-state index contributed by atoms with van der Waals surface area (Å²) in [5, 5.41) is 2.90. The van der Waals surface area contributed by atoms with Gasteiger partial charge in [0.05, 0.1) is 17.9 Å². The van der Waals surface area contributed by atoms with Gasteiger partial charge in [-0.1, -0.05) is 30.3 Å². The number of amides is 1. The normalized spacial score (nSPS) is 16.6. The van der Waals surface area contributed by atoms with Crippen molar-refractivity contribution in [3.05, 3.63) is 54.0 Å². The van der Waals surface area contributed by atoms with Gasteiger partial charge in [-0.25, -0.2) is 0 Å². The van der Waals surface area contributed by atoms with Crippen molar-refractivity contribution in [1.82, 2.24) is 10.2 Å². The van der Waals surface area contributed by atoms with E-state index in [9.17, 15) is 13.6 Å². The fourth-order valence-electron chi connectivity index (χ4n) is 3.26. The van der Waals surface area contributed by atoms with Crippen molar-refractivity contribution in [2.75, 3.05) is 19.6 Å². The summed E-state index contributed by atoms with van der Waals surface area (Å²) in [6.45, 7) is 2.29. The highest BCUT2D eigenvalue weighted by atomic mass is 32.2. The van der Waals surface area contributed by atoms with E-state index in [1.165, 1.54) is 6.42 Å². The van der Waals surface area contributed by atoms with Crippen LogP contribution in [0.25, 0.3) is 0 Å². The molecule has 140 valence electrons. The van der Waals surface area contributed by atoms with Gasteiger partial charge in [-0.15, -0.1) is 0 Å². The number of likely N-dealkylation sites (tertiary alicyclic amines) is 1. The highest BCUT2D eigenvalue weighted by Gasteiger charge is 2.25. The van der Waals surface area contributed by atoms with Crippen LogP contribution in [0.4, 0.5) is 8.78 Å². The summed E-state index contributed by atoms with van der Waals surface area (Å²) in [7, 11) is 0. The van der Waals surface area contributed by atoms with E-state index in [1.807, 2.05) is 12.1 Å². The molecule has 2 heterocycles. The average molecular weight is 380 g/mol. The second-order valence-corrected chi connectivity index (χ2v) is 7.24. The number of halogens is 2. The molecule has 0 bridgehead atoms. The molecule has 1 N–H and O–H groups in total. The van der Waals surface area contributed by atoms with Gasteiger partial charge in [0.15, 0.2) is 0 Å². The van der Waals surface area contributed by atoms with Crippen molar-refractivity contribution in [2.24, 2.45) is 0 Å². The molecule has 7 heteroatoms. The number of furan rings is 1. The number of hydrogen-bond donors (Lipinski definition) is 1. The number of rotatable bonds is 7. The average Bonchev–Trinajstić information content (AvgIpc) is 3.17. The van der Waals surface area contributed by atoms with Gasteiger partial charge in [0.2, 0.25) is 0 Å². The van der Waals surface area contributed by atoms with E-state index in [-0.39, 0.29) is 22.4 Å². The third-order valence-electron chi connectivity index (χ3n) is 4.51. The van der Waals surface area contributed by atoms with Crippen LogP contribution in [0, 0.1) is 0 Å². The summed E-state index contributed by atoms with van der Waals surface area (Å²) in [6, 6.07) is 10.1. The lowest BCUT2D eigenvalue weighted by Gasteiger charge is -2.33. The number of hydrogen-bond acceptors (Lipinski definition) is 4. The lowest BCUT2D eigenvalue weighted by atomic mass is 10.1. The minimum atomic E-state index is -2.56. The Bertz CT molecular complexity index is 703. The van der Waals surface area contributed by atoms with E-state index in [0.717, 1.165) is 31.7 Å². The van der Waals surface area contributed by atoms with E-state index in [2.05, 4.69) is 10.2 Å². The van der Waals surface area contributed by atoms with E-state index < -0.39 is 5.76 Å². The lowest BCUT2D eigenvalue weighted by molar-refractivity contribution is 0.0911. The molecular weight excluding hydrogens is 358 g/mol. The van der Waals surface area contributed by atoms with Crippen molar-refractivity contribution >= 4 is 17.7 Å². The zero-order valence-corrected chi connectivity index (χ0v) is 15.2. The maximum absolute atomic E-state index is 12.7. The SMILES string of the molecule is O=C(NCC(c1ccco1)N1CCCCC1)c1ccccc1SC(F)F. The Hall–Kier alpha value is -1.86. The molecule has 1 aromatic carbocycles. The van der Waals surface area contributed by atoms with E-state index >= 15 is 0 Å². The molecule has 1 aromatic heterocycles. The maximum Gasteiger partial charge on any atom is 0.288 e. The molecule has 0 aliphatic carbocycles. The molecule has 0 spiro atoms. The molecule has 0 radical (unpaired) electrons. The quantitative estimate of drug-likeness (QED) is 0.716. The summed E-state index contributed by atoms with van der Waals surface area (Å²) in [5.74, 6) is -2.10. The van der Waals surface area contributed by atoms with Crippen molar-refractivity contribution < 1.29 is 18.0 Å². The van der Waals surface area contributed by atoms with Crippen molar-refractivity contribution in [3.8, 4) is 0 Å². The Morgan fingerprint density at radius 2 is 1.92 bits per heavy atom. The smallest absolute Gasteiger partial charge is 0.288 e. The Morgan fingerprint density at radius 3 is 2.62 bits per heavy atom. The molecule has 1 fully saturated rings. The number of carbonyl (C=O) groups excluding carboxylic acids is 1. The first kappa shape index (κ1) is 18.9. The van der Waals surface area contributed by atoms with Crippen LogP contribution < -0.4 is 5.32 Å². The number of carbonyl (C=O) groups is 1. The summed E-state index contributed by atoms with van der Waals surface area (Å²) >= 11 is 0.390. The Morgan fingerprint density at radius 1 is 1.15 bits per heavy atom. The van der Waals surface area contributed by atoms with Crippen LogP contribution in [0.1, 0.15) is 41.4 Å². The second-order valence-electron chi connectivity index (χ2n) is 6.21. The minimum Gasteiger partial charge on any atom is -0.468 e. The number of alkyl halides is 2. The number of benzene rings is 1. The highest BCUT2D eigenvalue weighted by molar-refractivity contribution is 7.99. The van der Waals surface area contributed by atoms with Crippen molar-refractivity contribution in [1.29, 1.82) is 0 Å². The fraction of sp³-hybridized carbons (Fsp3) is 0.421. The van der Waals surface area contributed by atoms with Gasteiger partial charge >= 0.3 is 0 Å². The predicted molar refractivity (Wildman–Crippen MR) is 97.5 cm³/mol. The molecule has 1 atom stereocenters. The van der Waals surface area contributed by atoms with Gasteiger partial charge in [-0.05, 0) is 50.2 Å². The van der Waals surface area contributed by atoms with Gasteiger partial charge in [0, 0.05) is 11.4 Å². The lowest BCUT2D eigenvalue weighted by Crippen LogP contribution is -2.40. The van der Waals surface area contributed by atoms with Gasteiger partial charge in [0.1, 0.15) is 5.76 Å². The Kier molecular flexibility index (Phi) is 6.68. The Labute approximate surface area is 155 Å². The third kappa shape index (κ3) is 4.86. The largest absolute Gasteiger partial charge is 0.468 e. The zero-order chi connectivity index (χ0) is 18.4. The minimum absolute atomic E-state index is 0.0517. The first-order valence-corrected chi connectivity index (χ1v) is 9.62. The predicted octanol–water partition coefficient (Wildman–Crippen LogP) is 4.55. The monoisotopic (exact) mass is 380 g/mol. The van der Waals surface area contributed by atoms with Crippen LogP contribution in [0.2, 0.25) is 0 Å². The molecule has 1 aliphatic heterocycles. The standard InChI is InChI=1S/C19H22F2N2O2S/c20-19(21)26-17-9-3-2-7-14(17)18(24)22-13-15(16-8-6-12-25-16)23-10-4-1-5-11-23/h2-3,6-9,12,15,19H,1,4-5,10-11,13H2,(H,22,24). The van der Waals surface area contributed by atoms with Crippen LogP contribution in [0.15, 0.2) is 52.0 Å². The fourth-order valence-corrected chi connectivity index (χ4v) is 3.89. The van der Waals surface area contributed by atoms with Crippen LogP contribution >= 0.6 is 11.8 Å². The molecule has 2 aromatic rings. The first-order valence-electron chi connectivity index (χ1n) is 8.74. The molecule has 0 saturated carbocycles. The van der Waals surface area contributed by atoms with Gasteiger partial charge < -0.3 is 9.73 Å². The molecule has 4 nitrogen and oxygen atoms in total. The summed E-state index contributed by atoms with van der Waals surface area (Å²) in [4.78, 5) is 15.2. The summed E-state index contributed by atoms with van der Waals surface area (Å²) in [5.41, 5.74) is 0.273. The third-order valence-corrected chi connectivity index (χ3v) is 5.29. The molecule has 1 aliphatic rings. The molecule has 26 heavy (non-hydrogen) atoms. The topological polar surface area (TPSA) is 45.5 Å². The highest BCUT2D eigenvalue weighted by Crippen LogP contribution is 2.29. The maximum atomic E-state index is 12.7. The van der Waals surface area contributed by atoms with Gasteiger partial charge in [0.25, 0.3) is 11.7 Å². The second kappa shape index (κ2) is 9.19. The number of thioether (sulfide) groups is 1. The van der Waals surface area contributed by atoms with Gasteiger partial charge in [-0.2, -0.15) is 8.78 Å². The number of piperidine rings is 1. The van der Waals surface area contributed by atoms with Crippen LogP contribution in [0.5, 0.6) is 0 Å². The van der Waals surface area contributed by atoms with Crippen LogP contribution in [-0.2, 0) is 0 Å². The zero-order valence-electron chi connectivity index (χ0n) is 14.4. The summed E-state index contributed by atoms with van der Waals surface area (Å²) < 4.78 is 31.0. The molecule has 3 rings (SSSR count). The van der Waals surface area contributed by atoms with Crippen LogP contribution in [0.3, 0.4) is 0 Å². The van der Waals surface area contributed by atoms with E-state index in [1.54, 1.807) is 30.5 Å². The van der Waals surface area contributed by atoms with Crippen LogP contribution in [-0.4, -0.2) is 36.2 Å². The van der Waals surface area contributed by atoms with Crippen molar-refractivity contribution in [3.63, 3.8) is 0 Å². The molecule has 1 amide bonds. The Balaban J connectivity index is 1.70. The molecular formula is C19H22F2N2O2S. The van der Waals surface area contributed by atoms with Gasteiger partial charge in [-0.3, -0.25) is 9.69 Å². The van der Waals surface area contributed by atoms with E-state index in [0.29, 0.717) is 18.3 Å². The van der Waals surface area contributed by atoms with Crippen molar-refractivity contribution in [2.45, 2.75) is 36.0 Å². The molecule has 1 unspecified atom stereocenters.